The molecule has 0 N–H and O–H groups in total. The van der Waals surface area contributed by atoms with E-state index in [1.54, 1.807) is 0 Å². The molecule has 2 heterocycles. The zero-order valence-electron chi connectivity index (χ0n) is 16.0. The van der Waals surface area contributed by atoms with Gasteiger partial charge in [-0.3, -0.25) is 4.79 Å². The average molecular weight is 366 g/mol. The Balaban J connectivity index is 1.37. The predicted octanol–water partition coefficient (Wildman–Crippen LogP) is 2.97. The molecule has 2 aromatic rings. The molecule has 4 rings (SSSR count). The summed E-state index contributed by atoms with van der Waals surface area (Å²) in [6.45, 7) is 8.72. The van der Waals surface area contributed by atoms with Gasteiger partial charge in [-0.1, -0.05) is 18.2 Å². The maximum absolute atomic E-state index is 12.7. The summed E-state index contributed by atoms with van der Waals surface area (Å²) in [5, 5.41) is 0. The second-order valence-electron chi connectivity index (χ2n) is 7.24. The van der Waals surface area contributed by atoms with Gasteiger partial charge in [0.1, 0.15) is 13.2 Å². The minimum atomic E-state index is 0.173. The van der Waals surface area contributed by atoms with E-state index < -0.39 is 0 Å². The van der Waals surface area contributed by atoms with Crippen LogP contribution < -0.4 is 14.4 Å². The fraction of sp³-hybridized carbons (Fsp3) is 0.409. The minimum Gasteiger partial charge on any atom is -0.486 e. The maximum atomic E-state index is 12.7. The smallest absolute Gasteiger partial charge is 0.227 e. The lowest BCUT2D eigenvalue weighted by Gasteiger charge is -2.37. The number of nitrogens with zero attached hydrogens (tertiary/aromatic N) is 2. The van der Waals surface area contributed by atoms with E-state index in [0.29, 0.717) is 19.6 Å². The summed E-state index contributed by atoms with van der Waals surface area (Å²) in [4.78, 5) is 17.1. The highest BCUT2D eigenvalue weighted by Gasteiger charge is 2.23. The molecular weight excluding hydrogens is 340 g/mol. The van der Waals surface area contributed by atoms with Gasteiger partial charge < -0.3 is 19.3 Å². The van der Waals surface area contributed by atoms with Crippen LogP contribution in [0.3, 0.4) is 0 Å². The van der Waals surface area contributed by atoms with Crippen LogP contribution in [0, 0.1) is 13.8 Å². The highest BCUT2D eigenvalue weighted by Crippen LogP contribution is 2.31. The van der Waals surface area contributed by atoms with Gasteiger partial charge in [-0.15, -0.1) is 0 Å². The second-order valence-corrected chi connectivity index (χ2v) is 7.24. The number of hydrogen-bond donors (Lipinski definition) is 0. The number of ether oxygens (including phenoxy) is 2. The quantitative estimate of drug-likeness (QED) is 0.838. The van der Waals surface area contributed by atoms with Gasteiger partial charge in [0.2, 0.25) is 5.91 Å². The van der Waals surface area contributed by atoms with Crippen molar-refractivity contribution in [2.75, 3.05) is 44.3 Å². The minimum absolute atomic E-state index is 0.173. The Morgan fingerprint density at radius 2 is 1.70 bits per heavy atom. The topological polar surface area (TPSA) is 42.0 Å². The molecule has 142 valence electrons. The van der Waals surface area contributed by atoms with Crippen LogP contribution in [0.15, 0.2) is 36.4 Å². The first-order chi connectivity index (χ1) is 13.1. The van der Waals surface area contributed by atoms with Crippen LogP contribution in [0.4, 0.5) is 5.69 Å². The van der Waals surface area contributed by atoms with E-state index in [0.717, 1.165) is 43.2 Å². The Bertz CT molecular complexity index is 841. The Kier molecular flexibility index (Phi) is 4.92. The summed E-state index contributed by atoms with van der Waals surface area (Å²) in [7, 11) is 0. The van der Waals surface area contributed by atoms with Crippen molar-refractivity contribution in [2.45, 2.75) is 20.3 Å². The Hall–Kier alpha value is -2.69. The third-order valence-corrected chi connectivity index (χ3v) is 5.51. The van der Waals surface area contributed by atoms with Crippen LogP contribution in [0.5, 0.6) is 11.5 Å². The fourth-order valence-electron chi connectivity index (χ4n) is 3.76. The first kappa shape index (κ1) is 17.7. The molecular formula is C22H26N2O3. The maximum Gasteiger partial charge on any atom is 0.227 e. The van der Waals surface area contributed by atoms with E-state index in [-0.39, 0.29) is 5.91 Å². The third kappa shape index (κ3) is 3.72. The number of aryl methyl sites for hydroxylation is 1. The Morgan fingerprint density at radius 3 is 2.48 bits per heavy atom. The molecule has 5 nitrogen and oxygen atoms in total. The van der Waals surface area contributed by atoms with Crippen molar-refractivity contribution in [1.29, 1.82) is 0 Å². The van der Waals surface area contributed by atoms with E-state index in [1.165, 1.54) is 16.8 Å². The standard InChI is InChI=1S/C22H26N2O3/c1-16-4-3-5-19(17(16)2)23-8-10-24(11-9-23)22(25)15-18-6-7-20-21(14-18)27-13-12-26-20/h3-7,14H,8-13,15H2,1-2H3. The average Bonchev–Trinajstić information content (AvgIpc) is 2.70. The monoisotopic (exact) mass is 366 g/mol. The number of amides is 1. The van der Waals surface area contributed by atoms with Crippen molar-refractivity contribution in [3.8, 4) is 11.5 Å². The molecule has 0 atom stereocenters. The zero-order valence-corrected chi connectivity index (χ0v) is 16.0. The van der Waals surface area contributed by atoms with Crippen molar-refractivity contribution in [2.24, 2.45) is 0 Å². The van der Waals surface area contributed by atoms with Gasteiger partial charge in [0.05, 0.1) is 6.42 Å². The SMILES string of the molecule is Cc1cccc(N2CCN(C(=O)Cc3ccc4c(c3)OCCO4)CC2)c1C. The van der Waals surface area contributed by atoms with Gasteiger partial charge in [-0.25, -0.2) is 0 Å². The Morgan fingerprint density at radius 1 is 0.963 bits per heavy atom. The van der Waals surface area contributed by atoms with Gasteiger partial charge in [0.15, 0.2) is 11.5 Å². The van der Waals surface area contributed by atoms with Crippen LogP contribution in [0.25, 0.3) is 0 Å². The van der Waals surface area contributed by atoms with Crippen LogP contribution in [-0.2, 0) is 11.2 Å². The fourth-order valence-corrected chi connectivity index (χ4v) is 3.76. The molecule has 0 radical (unpaired) electrons. The summed E-state index contributed by atoms with van der Waals surface area (Å²) in [6, 6.07) is 12.2. The number of benzene rings is 2. The molecule has 2 aliphatic rings. The molecule has 0 bridgehead atoms. The molecule has 1 amide bonds. The lowest BCUT2D eigenvalue weighted by atomic mass is 10.1. The van der Waals surface area contributed by atoms with Crippen molar-refractivity contribution < 1.29 is 14.3 Å². The van der Waals surface area contributed by atoms with E-state index in [9.17, 15) is 4.79 Å². The molecule has 0 aromatic heterocycles. The summed E-state index contributed by atoms with van der Waals surface area (Å²) in [5.74, 6) is 1.68. The second kappa shape index (κ2) is 7.51. The lowest BCUT2D eigenvalue weighted by molar-refractivity contribution is -0.130. The van der Waals surface area contributed by atoms with Crippen LogP contribution in [0.1, 0.15) is 16.7 Å². The van der Waals surface area contributed by atoms with Crippen molar-refractivity contribution >= 4 is 11.6 Å². The molecule has 0 spiro atoms. The largest absolute Gasteiger partial charge is 0.486 e. The number of carbonyl (C=O) groups is 1. The summed E-state index contributed by atoms with van der Waals surface area (Å²) >= 11 is 0. The zero-order chi connectivity index (χ0) is 18.8. The number of carbonyl (C=O) groups excluding carboxylic acids is 1. The van der Waals surface area contributed by atoms with Gasteiger partial charge in [-0.2, -0.15) is 0 Å². The molecule has 0 aliphatic carbocycles. The number of hydrogen-bond acceptors (Lipinski definition) is 4. The normalized spacial score (nSPS) is 16.4. The van der Waals surface area contributed by atoms with Crippen molar-refractivity contribution in [3.05, 3.63) is 53.1 Å². The summed E-state index contributed by atoms with van der Waals surface area (Å²) in [6.07, 6.45) is 0.403. The Labute approximate surface area is 160 Å². The highest BCUT2D eigenvalue weighted by atomic mass is 16.6. The number of anilines is 1. The van der Waals surface area contributed by atoms with Crippen LogP contribution in [0.2, 0.25) is 0 Å². The van der Waals surface area contributed by atoms with E-state index in [2.05, 4.69) is 36.9 Å². The van der Waals surface area contributed by atoms with Crippen LogP contribution in [-0.4, -0.2) is 50.2 Å². The molecule has 2 aliphatic heterocycles. The number of piperazine rings is 1. The van der Waals surface area contributed by atoms with Gasteiger partial charge in [0.25, 0.3) is 0 Å². The van der Waals surface area contributed by atoms with E-state index >= 15 is 0 Å². The van der Waals surface area contributed by atoms with Crippen molar-refractivity contribution in [3.63, 3.8) is 0 Å². The molecule has 1 fully saturated rings. The van der Waals surface area contributed by atoms with E-state index in [1.807, 2.05) is 23.1 Å². The molecule has 0 unspecified atom stereocenters. The highest BCUT2D eigenvalue weighted by molar-refractivity contribution is 5.79. The molecule has 1 saturated heterocycles. The van der Waals surface area contributed by atoms with Crippen molar-refractivity contribution in [1.82, 2.24) is 4.90 Å². The molecule has 0 saturated carbocycles. The molecule has 5 heteroatoms. The lowest BCUT2D eigenvalue weighted by Crippen LogP contribution is -2.49. The predicted molar refractivity (Wildman–Crippen MR) is 106 cm³/mol. The third-order valence-electron chi connectivity index (χ3n) is 5.51. The number of fused-ring (bicyclic) bond motifs is 1. The van der Waals surface area contributed by atoms with Gasteiger partial charge in [0, 0.05) is 31.9 Å². The van der Waals surface area contributed by atoms with Crippen LogP contribution >= 0.6 is 0 Å². The number of rotatable bonds is 3. The summed E-state index contributed by atoms with van der Waals surface area (Å²) < 4.78 is 11.2. The first-order valence-corrected chi connectivity index (χ1v) is 9.59. The van der Waals surface area contributed by atoms with Gasteiger partial charge >= 0.3 is 0 Å². The molecule has 2 aromatic carbocycles. The van der Waals surface area contributed by atoms with Gasteiger partial charge in [-0.05, 0) is 48.7 Å². The van der Waals surface area contributed by atoms with E-state index in [4.69, 9.17) is 9.47 Å². The summed E-state index contributed by atoms with van der Waals surface area (Å²) in [5.41, 5.74) is 4.90. The first-order valence-electron chi connectivity index (χ1n) is 9.59. The molecule has 27 heavy (non-hydrogen) atoms.